The molecule has 0 spiro atoms. The van der Waals surface area contributed by atoms with Crippen molar-refractivity contribution in [3.8, 4) is 5.75 Å². The number of nitrogens with two attached hydrogens (primary N) is 1. The molecule has 0 aliphatic carbocycles. The minimum absolute atomic E-state index is 0.116. The lowest BCUT2D eigenvalue weighted by Crippen LogP contribution is -2.25. The molecule has 0 amide bonds. The van der Waals surface area contributed by atoms with Crippen LogP contribution in [0.3, 0.4) is 0 Å². The number of halogens is 3. The van der Waals surface area contributed by atoms with Crippen LogP contribution in [0.1, 0.15) is 18.2 Å². The largest absolute Gasteiger partial charge is 0.573 e. The molecule has 0 saturated carbocycles. The molecule has 0 aliphatic rings. The van der Waals surface area contributed by atoms with Gasteiger partial charge in [-0.2, -0.15) is 0 Å². The second-order valence-electron chi connectivity index (χ2n) is 3.70. The monoisotopic (exact) mass is 294 g/mol. The Labute approximate surface area is 111 Å². The van der Waals surface area contributed by atoms with E-state index in [4.69, 9.17) is 5.73 Å². The van der Waals surface area contributed by atoms with Gasteiger partial charge < -0.3 is 20.2 Å². The van der Waals surface area contributed by atoms with E-state index in [2.05, 4.69) is 14.5 Å². The number of ether oxygens (including phenoxy) is 2. The zero-order chi connectivity index (χ0) is 15.3. The molecule has 0 saturated heterocycles. The number of H-pyrrole nitrogens is 1. The van der Waals surface area contributed by atoms with Gasteiger partial charge in [0.1, 0.15) is 0 Å². The number of aromatic nitrogens is 1. The van der Waals surface area contributed by atoms with Crippen molar-refractivity contribution in [2.24, 2.45) is 5.73 Å². The van der Waals surface area contributed by atoms with Crippen LogP contribution in [0.25, 0.3) is 0 Å². The predicted molar refractivity (Wildman–Crippen MR) is 62.0 cm³/mol. The summed E-state index contributed by atoms with van der Waals surface area (Å²) in [5, 5.41) is 0. The second kappa shape index (κ2) is 6.42. The summed E-state index contributed by atoms with van der Waals surface area (Å²) in [6.45, 7) is 1.58. The number of hydrogen-bond donors (Lipinski definition) is 2. The molecule has 9 heteroatoms. The normalized spacial score (nSPS) is 11.2. The lowest BCUT2D eigenvalue weighted by molar-refractivity contribution is -0.275. The maximum absolute atomic E-state index is 12.1. The Morgan fingerprint density at radius 2 is 2.10 bits per heavy atom. The summed E-state index contributed by atoms with van der Waals surface area (Å²) in [4.78, 5) is 24.9. The zero-order valence-corrected chi connectivity index (χ0v) is 10.5. The van der Waals surface area contributed by atoms with Crippen LogP contribution in [0, 0.1) is 0 Å². The van der Waals surface area contributed by atoms with Crippen molar-refractivity contribution in [3.05, 3.63) is 27.7 Å². The highest BCUT2D eigenvalue weighted by atomic mass is 19.4. The predicted octanol–water partition coefficient (Wildman–Crippen LogP) is 0.838. The number of alkyl halides is 3. The first-order valence-corrected chi connectivity index (χ1v) is 5.63. The lowest BCUT2D eigenvalue weighted by Gasteiger charge is -2.12. The Kier molecular flexibility index (Phi) is 5.14. The van der Waals surface area contributed by atoms with E-state index in [9.17, 15) is 22.8 Å². The van der Waals surface area contributed by atoms with E-state index in [-0.39, 0.29) is 30.8 Å². The average Bonchev–Trinajstić information content (AvgIpc) is 2.31. The fraction of sp³-hybridized carbons (Fsp3) is 0.455. The molecule has 1 aromatic rings. The van der Waals surface area contributed by atoms with Gasteiger partial charge in [0.05, 0.1) is 13.0 Å². The molecule has 3 N–H and O–H groups in total. The lowest BCUT2D eigenvalue weighted by atomic mass is 10.1. The maximum Gasteiger partial charge on any atom is 0.573 e. The van der Waals surface area contributed by atoms with Crippen LogP contribution in [-0.2, 0) is 22.5 Å². The Bertz CT molecular complexity index is 539. The molecule has 0 fully saturated rings. The summed E-state index contributed by atoms with van der Waals surface area (Å²) in [5.41, 5.74) is 4.55. The number of esters is 1. The molecule has 0 atom stereocenters. The Morgan fingerprint density at radius 3 is 2.60 bits per heavy atom. The molecular formula is C11H13F3N2O4. The SMILES string of the molecule is CCOC(=O)Cc1cc(OC(F)(F)F)c(=O)[nH]c1CN. The number of pyridine rings is 1. The number of carbonyl (C=O) groups is 1. The Hall–Kier alpha value is -2.03. The molecule has 6 nitrogen and oxygen atoms in total. The van der Waals surface area contributed by atoms with Crippen LogP contribution >= 0.6 is 0 Å². The van der Waals surface area contributed by atoms with Crippen LogP contribution in [0.5, 0.6) is 5.75 Å². The van der Waals surface area contributed by atoms with Crippen LogP contribution in [-0.4, -0.2) is 23.9 Å². The first-order chi connectivity index (χ1) is 9.26. The van der Waals surface area contributed by atoms with Gasteiger partial charge in [0.15, 0.2) is 5.75 Å². The summed E-state index contributed by atoms with van der Waals surface area (Å²) in [5.74, 6) is -1.60. The third kappa shape index (κ3) is 4.57. The van der Waals surface area contributed by atoms with Crippen molar-refractivity contribution < 1.29 is 27.4 Å². The maximum atomic E-state index is 12.1. The summed E-state index contributed by atoms with van der Waals surface area (Å²) >= 11 is 0. The van der Waals surface area contributed by atoms with E-state index in [1.54, 1.807) is 6.92 Å². The van der Waals surface area contributed by atoms with Crippen molar-refractivity contribution in [2.75, 3.05) is 6.61 Å². The minimum atomic E-state index is -5.00. The van der Waals surface area contributed by atoms with Gasteiger partial charge in [-0.15, -0.1) is 13.2 Å². The van der Waals surface area contributed by atoms with Crippen molar-refractivity contribution in [1.82, 2.24) is 4.98 Å². The van der Waals surface area contributed by atoms with Crippen LogP contribution in [0.15, 0.2) is 10.9 Å². The topological polar surface area (TPSA) is 94.4 Å². The summed E-state index contributed by atoms with van der Waals surface area (Å²) in [6.07, 6.45) is -5.32. The number of carbonyl (C=O) groups excluding carboxylic acids is 1. The number of hydrogen-bond acceptors (Lipinski definition) is 5. The van der Waals surface area contributed by atoms with Crippen molar-refractivity contribution >= 4 is 5.97 Å². The third-order valence-electron chi connectivity index (χ3n) is 2.25. The second-order valence-corrected chi connectivity index (χ2v) is 3.70. The molecule has 1 aromatic heterocycles. The zero-order valence-electron chi connectivity index (χ0n) is 10.5. The molecule has 0 radical (unpaired) electrons. The smallest absolute Gasteiger partial charge is 0.466 e. The molecule has 0 aromatic carbocycles. The summed E-state index contributed by atoms with van der Waals surface area (Å²) in [6, 6.07) is 0.839. The molecule has 112 valence electrons. The van der Waals surface area contributed by atoms with Crippen LogP contribution < -0.4 is 16.0 Å². The van der Waals surface area contributed by atoms with Gasteiger partial charge in [-0.1, -0.05) is 0 Å². The Morgan fingerprint density at radius 1 is 1.45 bits per heavy atom. The van der Waals surface area contributed by atoms with Gasteiger partial charge >= 0.3 is 12.3 Å². The van der Waals surface area contributed by atoms with Crippen molar-refractivity contribution in [1.29, 1.82) is 0 Å². The van der Waals surface area contributed by atoms with Gasteiger partial charge in [0, 0.05) is 12.2 Å². The highest BCUT2D eigenvalue weighted by molar-refractivity contribution is 5.73. The van der Waals surface area contributed by atoms with Crippen LogP contribution in [0.2, 0.25) is 0 Å². The first-order valence-electron chi connectivity index (χ1n) is 5.63. The fourth-order valence-electron chi connectivity index (χ4n) is 1.50. The molecule has 0 unspecified atom stereocenters. The van der Waals surface area contributed by atoms with Gasteiger partial charge in [0.25, 0.3) is 5.56 Å². The highest BCUT2D eigenvalue weighted by Crippen LogP contribution is 2.21. The standard InChI is InChI=1S/C11H13F3N2O4/c1-2-19-9(17)4-6-3-8(20-11(12,13)14)10(18)16-7(6)5-15/h3H,2,4-5,15H2,1H3,(H,16,18). The van der Waals surface area contributed by atoms with Gasteiger partial charge in [-0.05, 0) is 18.6 Å². The number of nitrogens with one attached hydrogen (secondary N) is 1. The van der Waals surface area contributed by atoms with E-state index in [1.165, 1.54) is 0 Å². The van der Waals surface area contributed by atoms with Gasteiger partial charge in [-0.25, -0.2) is 0 Å². The van der Waals surface area contributed by atoms with E-state index in [0.717, 1.165) is 6.07 Å². The average molecular weight is 294 g/mol. The molecule has 1 heterocycles. The number of rotatable bonds is 5. The highest BCUT2D eigenvalue weighted by Gasteiger charge is 2.32. The first kappa shape index (κ1) is 16.0. The van der Waals surface area contributed by atoms with Gasteiger partial charge in [0.2, 0.25) is 0 Å². The molecule has 20 heavy (non-hydrogen) atoms. The van der Waals surface area contributed by atoms with Crippen molar-refractivity contribution in [2.45, 2.75) is 26.3 Å². The van der Waals surface area contributed by atoms with E-state index < -0.39 is 23.6 Å². The quantitative estimate of drug-likeness (QED) is 0.785. The summed E-state index contributed by atoms with van der Waals surface area (Å²) in [7, 11) is 0. The third-order valence-corrected chi connectivity index (χ3v) is 2.25. The fourth-order valence-corrected chi connectivity index (χ4v) is 1.50. The van der Waals surface area contributed by atoms with E-state index in [0.29, 0.717) is 0 Å². The summed E-state index contributed by atoms with van der Waals surface area (Å²) < 4.78 is 44.6. The molecule has 1 rings (SSSR count). The van der Waals surface area contributed by atoms with Crippen molar-refractivity contribution in [3.63, 3.8) is 0 Å². The van der Waals surface area contributed by atoms with Crippen LogP contribution in [0.4, 0.5) is 13.2 Å². The minimum Gasteiger partial charge on any atom is -0.466 e. The van der Waals surface area contributed by atoms with E-state index >= 15 is 0 Å². The number of aromatic amines is 1. The molecule has 0 bridgehead atoms. The molecular weight excluding hydrogens is 281 g/mol. The Balaban J connectivity index is 3.11. The van der Waals surface area contributed by atoms with Gasteiger partial charge in [-0.3, -0.25) is 9.59 Å². The molecule has 0 aliphatic heterocycles. The van der Waals surface area contributed by atoms with E-state index in [1.807, 2.05) is 0 Å².